The fourth-order valence-electron chi connectivity index (χ4n) is 4.11. The highest BCUT2D eigenvalue weighted by molar-refractivity contribution is 7.71. The summed E-state index contributed by atoms with van der Waals surface area (Å²) in [5, 5.41) is 12.5. The van der Waals surface area contributed by atoms with E-state index in [4.69, 9.17) is 17.3 Å². The Kier molecular flexibility index (Phi) is 5.92. The van der Waals surface area contributed by atoms with Crippen LogP contribution >= 0.6 is 12.2 Å². The topological polar surface area (TPSA) is 70.1 Å². The van der Waals surface area contributed by atoms with E-state index in [-0.39, 0.29) is 0 Å². The van der Waals surface area contributed by atoms with Crippen molar-refractivity contribution >= 4 is 18.2 Å². The van der Waals surface area contributed by atoms with Gasteiger partial charge in [-0.2, -0.15) is 0 Å². The molecule has 1 heterocycles. The lowest BCUT2D eigenvalue weighted by atomic mass is 9.88. The van der Waals surface area contributed by atoms with Gasteiger partial charge in [0.05, 0.1) is 11.3 Å². The normalized spacial score (nSPS) is 15.8. The van der Waals surface area contributed by atoms with Crippen molar-refractivity contribution in [1.29, 1.82) is 0 Å². The summed E-state index contributed by atoms with van der Waals surface area (Å²) in [7, 11) is 0. The van der Waals surface area contributed by atoms with Gasteiger partial charge >= 0.3 is 5.97 Å². The first-order chi connectivity index (χ1) is 14.1. The lowest BCUT2D eigenvalue weighted by Crippen LogP contribution is -2.24. The van der Waals surface area contributed by atoms with E-state index in [1.54, 1.807) is 12.1 Å². The zero-order valence-corrected chi connectivity index (χ0v) is 17.0. The zero-order chi connectivity index (χ0) is 20.2. The molecule has 1 aliphatic rings. The molecule has 3 aromatic rings. The maximum absolute atomic E-state index is 10.9. The van der Waals surface area contributed by atoms with Crippen LogP contribution in [-0.4, -0.2) is 27.2 Å². The number of imidazole rings is 1. The number of rotatable bonds is 7. The first-order valence-corrected chi connectivity index (χ1v) is 10.4. The molecule has 1 aliphatic carbocycles. The average Bonchev–Trinajstić information content (AvgIpc) is 3.11. The second kappa shape index (κ2) is 8.76. The molecule has 0 fully saturated rings. The molecule has 1 atom stereocenters. The summed E-state index contributed by atoms with van der Waals surface area (Å²) in [5.74, 6) is -0.892. The second-order valence-electron chi connectivity index (χ2n) is 7.55. The predicted octanol–water partition coefficient (Wildman–Crippen LogP) is 4.31. The van der Waals surface area contributed by atoms with Gasteiger partial charge in [-0.1, -0.05) is 36.4 Å². The number of benzene rings is 2. The molecule has 0 amide bonds. The van der Waals surface area contributed by atoms with Gasteiger partial charge in [0, 0.05) is 18.8 Å². The van der Waals surface area contributed by atoms with Gasteiger partial charge in [-0.3, -0.25) is 0 Å². The lowest BCUT2D eigenvalue weighted by molar-refractivity contribution is 0.0697. The minimum atomic E-state index is -0.892. The number of fused-ring (bicyclic) bond motifs is 1. The quantitative estimate of drug-likeness (QED) is 0.403. The molecule has 0 radical (unpaired) electrons. The van der Waals surface area contributed by atoms with Gasteiger partial charge < -0.3 is 20.0 Å². The Morgan fingerprint density at radius 2 is 1.93 bits per heavy atom. The van der Waals surface area contributed by atoms with E-state index >= 15 is 0 Å². The predicted molar refractivity (Wildman–Crippen MR) is 116 cm³/mol. The highest BCUT2D eigenvalue weighted by atomic mass is 32.1. The number of aromatic nitrogens is 2. The number of aryl methyl sites for hydroxylation is 1. The maximum Gasteiger partial charge on any atom is 0.335 e. The van der Waals surface area contributed by atoms with Crippen molar-refractivity contribution in [2.24, 2.45) is 0 Å². The third-order valence-electron chi connectivity index (χ3n) is 5.67. The van der Waals surface area contributed by atoms with Gasteiger partial charge in [-0.15, -0.1) is 0 Å². The highest BCUT2D eigenvalue weighted by Gasteiger charge is 2.22. The van der Waals surface area contributed by atoms with Crippen molar-refractivity contribution in [3.05, 3.63) is 87.4 Å². The fraction of sp³-hybridized carbons (Fsp3) is 0.304. The van der Waals surface area contributed by atoms with Crippen molar-refractivity contribution in [3.63, 3.8) is 0 Å². The van der Waals surface area contributed by atoms with Gasteiger partial charge in [-0.25, -0.2) is 4.79 Å². The molecule has 4 rings (SSSR count). The molecule has 3 N–H and O–H groups in total. The first-order valence-electron chi connectivity index (χ1n) is 10.0. The minimum Gasteiger partial charge on any atom is -0.478 e. The van der Waals surface area contributed by atoms with Crippen LogP contribution in [-0.2, 0) is 25.8 Å². The molecule has 6 heteroatoms. The average molecular weight is 408 g/mol. The van der Waals surface area contributed by atoms with Crippen LogP contribution in [0, 0.1) is 4.77 Å². The number of aromatic carboxylic acids is 1. The van der Waals surface area contributed by atoms with Crippen LogP contribution in [0.5, 0.6) is 0 Å². The van der Waals surface area contributed by atoms with E-state index in [1.165, 1.54) is 16.8 Å². The molecule has 0 bridgehead atoms. The second-order valence-corrected chi connectivity index (χ2v) is 7.94. The van der Waals surface area contributed by atoms with Crippen LogP contribution in [0.25, 0.3) is 0 Å². The number of carboxylic acids is 1. The van der Waals surface area contributed by atoms with Crippen LogP contribution in [0.4, 0.5) is 0 Å². The zero-order valence-electron chi connectivity index (χ0n) is 16.2. The number of carboxylic acid groups (broad SMARTS) is 1. The van der Waals surface area contributed by atoms with Crippen LogP contribution in [0.15, 0.2) is 54.7 Å². The van der Waals surface area contributed by atoms with Crippen molar-refractivity contribution in [2.75, 3.05) is 6.54 Å². The first kappa shape index (κ1) is 19.6. The molecular weight excluding hydrogens is 382 g/mol. The molecule has 29 heavy (non-hydrogen) atoms. The van der Waals surface area contributed by atoms with Crippen molar-refractivity contribution < 1.29 is 9.90 Å². The van der Waals surface area contributed by atoms with Gasteiger partial charge in [-0.05, 0) is 73.3 Å². The molecule has 0 spiro atoms. The number of hydrogen-bond donors (Lipinski definition) is 3. The Morgan fingerprint density at radius 1 is 1.17 bits per heavy atom. The van der Waals surface area contributed by atoms with E-state index in [9.17, 15) is 4.79 Å². The van der Waals surface area contributed by atoms with Gasteiger partial charge in [0.2, 0.25) is 0 Å². The summed E-state index contributed by atoms with van der Waals surface area (Å²) >= 11 is 5.57. The summed E-state index contributed by atoms with van der Waals surface area (Å²) in [6.07, 6.45) is 6.07. The van der Waals surface area contributed by atoms with Crippen LogP contribution < -0.4 is 5.32 Å². The SMILES string of the molecule is O=C(O)c1ccc(CCNCc2c[nH]c(=S)n2C2CCc3ccccc3C2)cc1. The van der Waals surface area contributed by atoms with Gasteiger partial charge in [0.1, 0.15) is 0 Å². The van der Waals surface area contributed by atoms with Crippen LogP contribution in [0.1, 0.15) is 45.2 Å². The van der Waals surface area contributed by atoms with Crippen LogP contribution in [0.3, 0.4) is 0 Å². The molecule has 1 unspecified atom stereocenters. The molecule has 1 aromatic heterocycles. The monoisotopic (exact) mass is 407 g/mol. The Labute approximate surface area is 175 Å². The highest BCUT2D eigenvalue weighted by Crippen LogP contribution is 2.30. The summed E-state index contributed by atoms with van der Waals surface area (Å²) in [4.78, 5) is 14.2. The van der Waals surface area contributed by atoms with Crippen molar-refractivity contribution in [3.8, 4) is 0 Å². The molecule has 5 nitrogen and oxygen atoms in total. The van der Waals surface area contributed by atoms with Crippen molar-refractivity contribution in [2.45, 2.75) is 38.3 Å². The largest absolute Gasteiger partial charge is 0.478 e. The molecule has 2 aromatic carbocycles. The smallest absolute Gasteiger partial charge is 0.335 e. The molecule has 0 aliphatic heterocycles. The summed E-state index contributed by atoms with van der Waals surface area (Å²) in [6.45, 7) is 1.57. The van der Waals surface area contributed by atoms with E-state index in [0.717, 1.165) is 49.1 Å². The maximum atomic E-state index is 10.9. The number of H-pyrrole nitrogens is 1. The summed E-state index contributed by atoms with van der Waals surface area (Å²) < 4.78 is 3.07. The number of nitrogens with one attached hydrogen (secondary N) is 2. The number of carbonyl (C=O) groups is 1. The Balaban J connectivity index is 1.36. The number of hydrogen-bond acceptors (Lipinski definition) is 3. The minimum absolute atomic E-state index is 0.321. The van der Waals surface area contributed by atoms with Gasteiger partial charge in [0.25, 0.3) is 0 Å². The van der Waals surface area contributed by atoms with Gasteiger partial charge in [0.15, 0.2) is 4.77 Å². The summed E-state index contributed by atoms with van der Waals surface area (Å²) in [5.41, 5.74) is 5.51. The number of aromatic amines is 1. The molecular formula is C23H25N3O2S. The number of nitrogens with zero attached hydrogens (tertiary/aromatic N) is 1. The van der Waals surface area contributed by atoms with Crippen LogP contribution in [0.2, 0.25) is 0 Å². The van der Waals surface area contributed by atoms with E-state index in [0.29, 0.717) is 11.6 Å². The van der Waals surface area contributed by atoms with Crippen molar-refractivity contribution in [1.82, 2.24) is 14.9 Å². The Bertz CT molecular complexity index is 1050. The third kappa shape index (κ3) is 4.49. The van der Waals surface area contributed by atoms with E-state index in [1.807, 2.05) is 18.3 Å². The lowest BCUT2D eigenvalue weighted by Gasteiger charge is -2.27. The third-order valence-corrected chi connectivity index (χ3v) is 5.99. The standard InChI is InChI=1S/C23H25N3O2S/c27-22(28)18-7-5-16(6-8-18)11-12-24-14-21-15-25-23(29)26(21)20-10-9-17-3-1-2-4-19(17)13-20/h1-8,15,20,24H,9-14H2,(H,25,29)(H,27,28). The molecule has 150 valence electrons. The fourth-order valence-corrected chi connectivity index (χ4v) is 4.44. The summed E-state index contributed by atoms with van der Waals surface area (Å²) in [6, 6.07) is 16.1. The Morgan fingerprint density at radius 3 is 2.69 bits per heavy atom. The Hall–Kier alpha value is -2.70. The molecule has 0 saturated heterocycles. The molecule has 0 saturated carbocycles. The van der Waals surface area contributed by atoms with E-state index < -0.39 is 5.97 Å². The van der Waals surface area contributed by atoms with E-state index in [2.05, 4.69) is 39.1 Å².